The molecule has 2 aromatic carbocycles. The Labute approximate surface area is 156 Å². The second kappa shape index (κ2) is 8.72. The van der Waals surface area contributed by atoms with E-state index in [1.807, 2.05) is 0 Å². The zero-order chi connectivity index (χ0) is 19.9. The Morgan fingerprint density at radius 2 is 1.52 bits per heavy atom. The van der Waals surface area contributed by atoms with E-state index in [2.05, 4.69) is 6.07 Å². The summed E-state index contributed by atoms with van der Waals surface area (Å²) >= 11 is 0. The van der Waals surface area contributed by atoms with Crippen LogP contribution in [0.1, 0.15) is 42.4 Å². The maximum absolute atomic E-state index is 12.9. The first-order valence-corrected chi connectivity index (χ1v) is 8.55. The minimum absolute atomic E-state index is 0.330. The molecule has 1 atom stereocenters. The predicted molar refractivity (Wildman–Crippen MR) is 94.8 cm³/mol. The maximum Gasteiger partial charge on any atom is 0.416 e. The van der Waals surface area contributed by atoms with Gasteiger partial charge in [0.05, 0.1) is 18.7 Å². The number of benzene rings is 2. The molecular formula is C21H20F3NO2. The van der Waals surface area contributed by atoms with E-state index in [-0.39, 0.29) is 0 Å². The lowest BCUT2D eigenvalue weighted by Gasteiger charge is -2.32. The van der Waals surface area contributed by atoms with Crippen molar-refractivity contribution in [1.29, 1.82) is 5.26 Å². The molecule has 6 heteroatoms. The Bertz CT molecular complexity index is 795. The van der Waals surface area contributed by atoms with Crippen LogP contribution < -0.4 is 0 Å². The van der Waals surface area contributed by atoms with Crippen LogP contribution in [0.5, 0.6) is 0 Å². The number of unbranched alkanes of at least 4 members (excludes halogenated alkanes) is 2. The topological polar surface area (TPSA) is 50.1 Å². The number of nitrogens with zero attached hydrogens (tertiary/aromatic N) is 1. The molecule has 0 aliphatic carbocycles. The van der Waals surface area contributed by atoms with Crippen molar-refractivity contribution < 1.29 is 22.7 Å². The number of alkyl halides is 3. The van der Waals surface area contributed by atoms with E-state index in [1.54, 1.807) is 30.3 Å². The Kier molecular flexibility index (Phi) is 6.62. The molecule has 0 heterocycles. The van der Waals surface area contributed by atoms with Gasteiger partial charge in [-0.05, 0) is 36.1 Å². The van der Waals surface area contributed by atoms with Gasteiger partial charge in [0.2, 0.25) is 0 Å². The lowest BCUT2D eigenvalue weighted by Crippen LogP contribution is -2.38. The lowest BCUT2D eigenvalue weighted by atomic mass is 9.70. The van der Waals surface area contributed by atoms with Gasteiger partial charge in [-0.2, -0.15) is 18.4 Å². The summed E-state index contributed by atoms with van der Waals surface area (Å²) in [6, 6.07) is 15.5. The molecule has 27 heavy (non-hydrogen) atoms. The lowest BCUT2D eigenvalue weighted by molar-refractivity contribution is -0.146. The van der Waals surface area contributed by atoms with E-state index >= 15 is 0 Å². The van der Waals surface area contributed by atoms with E-state index in [1.165, 1.54) is 19.2 Å². The summed E-state index contributed by atoms with van der Waals surface area (Å²) in [5.41, 5.74) is -0.920. The molecule has 0 saturated heterocycles. The van der Waals surface area contributed by atoms with Crippen LogP contribution in [0.3, 0.4) is 0 Å². The minimum atomic E-state index is -4.45. The highest BCUT2D eigenvalue weighted by atomic mass is 19.4. The molecular weight excluding hydrogens is 355 g/mol. The summed E-state index contributed by atoms with van der Waals surface area (Å²) in [6.45, 7) is 0. The number of hydrogen-bond donors (Lipinski definition) is 0. The fourth-order valence-corrected chi connectivity index (χ4v) is 3.23. The van der Waals surface area contributed by atoms with Gasteiger partial charge in [0.25, 0.3) is 0 Å². The Balaban J connectivity index is 2.56. The average Bonchev–Trinajstić information content (AvgIpc) is 2.68. The number of carbonyl (C=O) groups excluding carboxylic acids is 1. The molecule has 0 aliphatic heterocycles. The number of nitriles is 1. The van der Waals surface area contributed by atoms with Crippen LogP contribution in [-0.2, 0) is 21.1 Å². The van der Waals surface area contributed by atoms with Crippen LogP contribution >= 0.6 is 0 Å². The summed E-state index contributed by atoms with van der Waals surface area (Å²) in [4.78, 5) is 12.9. The number of rotatable bonds is 7. The molecule has 2 rings (SSSR count). The first-order chi connectivity index (χ1) is 12.9. The third kappa shape index (κ3) is 4.48. The second-order valence-corrected chi connectivity index (χ2v) is 6.20. The molecule has 0 aliphatic rings. The Morgan fingerprint density at radius 3 is 2.04 bits per heavy atom. The molecule has 0 aromatic heterocycles. The highest BCUT2D eigenvalue weighted by Crippen LogP contribution is 2.40. The van der Waals surface area contributed by atoms with Crippen LogP contribution in [-0.4, -0.2) is 13.1 Å². The molecule has 0 N–H and O–H groups in total. The molecule has 3 nitrogen and oxygen atoms in total. The van der Waals surface area contributed by atoms with Crippen molar-refractivity contribution in [2.75, 3.05) is 7.11 Å². The summed E-state index contributed by atoms with van der Waals surface area (Å²) in [5.74, 6) is -0.537. The molecule has 0 amide bonds. The average molecular weight is 375 g/mol. The van der Waals surface area contributed by atoms with E-state index in [9.17, 15) is 18.0 Å². The largest absolute Gasteiger partial charge is 0.468 e. The fraction of sp³-hybridized carbons (Fsp3) is 0.333. The van der Waals surface area contributed by atoms with Crippen molar-refractivity contribution in [2.24, 2.45) is 0 Å². The Morgan fingerprint density at radius 1 is 0.963 bits per heavy atom. The number of hydrogen-bond acceptors (Lipinski definition) is 3. The number of esters is 1. The molecule has 1 unspecified atom stereocenters. The van der Waals surface area contributed by atoms with Gasteiger partial charge in [0.15, 0.2) is 0 Å². The second-order valence-electron chi connectivity index (χ2n) is 6.20. The van der Waals surface area contributed by atoms with Crippen molar-refractivity contribution in [3.8, 4) is 6.07 Å². The van der Waals surface area contributed by atoms with Gasteiger partial charge >= 0.3 is 12.1 Å². The minimum Gasteiger partial charge on any atom is -0.468 e. The van der Waals surface area contributed by atoms with Crippen molar-refractivity contribution in [3.63, 3.8) is 0 Å². The summed E-state index contributed by atoms with van der Waals surface area (Å²) in [6.07, 6.45) is -2.64. The van der Waals surface area contributed by atoms with Crippen LogP contribution in [0, 0.1) is 11.3 Å². The van der Waals surface area contributed by atoms with Gasteiger partial charge in [0.1, 0.15) is 5.41 Å². The molecule has 0 saturated carbocycles. The van der Waals surface area contributed by atoms with Crippen molar-refractivity contribution in [1.82, 2.24) is 0 Å². The zero-order valence-corrected chi connectivity index (χ0v) is 14.9. The third-order valence-electron chi connectivity index (χ3n) is 4.60. The van der Waals surface area contributed by atoms with Crippen molar-refractivity contribution >= 4 is 5.97 Å². The van der Waals surface area contributed by atoms with Gasteiger partial charge in [-0.15, -0.1) is 0 Å². The quantitative estimate of drug-likeness (QED) is 0.491. The van der Waals surface area contributed by atoms with Gasteiger partial charge in [0, 0.05) is 6.42 Å². The first-order valence-electron chi connectivity index (χ1n) is 8.55. The van der Waals surface area contributed by atoms with Gasteiger partial charge in [-0.1, -0.05) is 48.9 Å². The molecule has 0 radical (unpaired) electrons. The molecule has 0 bridgehead atoms. The van der Waals surface area contributed by atoms with Crippen LogP contribution in [0.2, 0.25) is 0 Å². The Hall–Kier alpha value is -2.81. The fourth-order valence-electron chi connectivity index (χ4n) is 3.23. The highest BCUT2D eigenvalue weighted by molar-refractivity contribution is 5.87. The number of methoxy groups -OCH3 is 1. The number of carbonyl (C=O) groups is 1. The molecule has 142 valence electrons. The summed E-state index contributed by atoms with van der Waals surface area (Å²) in [7, 11) is 1.26. The highest BCUT2D eigenvalue weighted by Gasteiger charge is 2.43. The van der Waals surface area contributed by atoms with Crippen LogP contribution in [0.4, 0.5) is 13.2 Å². The van der Waals surface area contributed by atoms with Gasteiger partial charge < -0.3 is 4.74 Å². The number of ether oxygens (including phenoxy) is 1. The predicted octanol–water partition coefficient (Wildman–Crippen LogP) is 5.25. The summed E-state index contributed by atoms with van der Waals surface area (Å²) < 4.78 is 43.8. The monoisotopic (exact) mass is 375 g/mol. The molecule has 2 aromatic rings. The normalized spacial score (nSPS) is 13.4. The zero-order valence-electron chi connectivity index (χ0n) is 14.9. The molecule has 0 spiro atoms. The van der Waals surface area contributed by atoms with E-state index < -0.39 is 23.1 Å². The summed E-state index contributed by atoms with van der Waals surface area (Å²) in [5, 5.41) is 8.74. The van der Waals surface area contributed by atoms with Crippen molar-refractivity contribution in [2.45, 2.75) is 37.3 Å². The van der Waals surface area contributed by atoms with Gasteiger partial charge in [-0.3, -0.25) is 4.79 Å². The smallest absolute Gasteiger partial charge is 0.416 e. The third-order valence-corrected chi connectivity index (χ3v) is 4.60. The van der Waals surface area contributed by atoms with Crippen LogP contribution in [0.25, 0.3) is 0 Å². The standard InChI is InChI=1S/C21H20F3NO2/c1-27-19(26)20(14-6-3-7-15-25,16-8-4-2-5-9-16)17-10-12-18(13-11-17)21(22,23)24/h2,4-5,8-13H,3,6-7,14H2,1H3. The number of halogens is 3. The van der Waals surface area contributed by atoms with E-state index in [4.69, 9.17) is 10.00 Å². The first kappa shape index (κ1) is 20.5. The SMILES string of the molecule is COC(=O)C(CCCCC#N)(c1ccccc1)c1ccc(C(F)(F)F)cc1. The molecule has 0 fully saturated rings. The maximum atomic E-state index is 12.9. The van der Waals surface area contributed by atoms with Crippen LogP contribution in [0.15, 0.2) is 54.6 Å². The van der Waals surface area contributed by atoms with E-state index in [0.29, 0.717) is 36.8 Å². The van der Waals surface area contributed by atoms with Crippen molar-refractivity contribution in [3.05, 3.63) is 71.3 Å². The van der Waals surface area contributed by atoms with E-state index in [0.717, 1.165) is 12.1 Å². The van der Waals surface area contributed by atoms with Gasteiger partial charge in [-0.25, -0.2) is 0 Å².